The molecule has 0 N–H and O–H groups in total. The standard InChI is InChI=1S/C60H40N2SSi/c1-4-18-45(19-5-1)64(46-20-6-2-7-21-46,47-22-8-3-9-23-47)48-24-16-17-43(39-48)61-55-28-13-11-26-50(55)52-36-33-44(40-58(52)61)62-56-29-14-10-25-49(56)51-34-31-41(37-57(51)62)42-32-35-54-53-27-12-15-30-59(53)63-60(54)38-42/h1-40H. The second-order valence-corrected chi connectivity index (χ2v) is 21.7. The van der Waals surface area contributed by atoms with Crippen LogP contribution >= 0.6 is 11.3 Å². The van der Waals surface area contributed by atoms with Crippen LogP contribution in [0.5, 0.6) is 0 Å². The first-order valence-corrected chi connectivity index (χ1v) is 24.8. The van der Waals surface area contributed by atoms with Crippen LogP contribution in [-0.4, -0.2) is 17.2 Å². The Labute approximate surface area is 376 Å². The van der Waals surface area contributed by atoms with E-state index >= 15 is 0 Å². The topological polar surface area (TPSA) is 9.86 Å². The number of benzene rings is 10. The maximum absolute atomic E-state index is 2.77. The number of hydrogen-bond acceptors (Lipinski definition) is 1. The van der Waals surface area contributed by atoms with E-state index in [1.807, 2.05) is 11.3 Å². The van der Waals surface area contributed by atoms with Crippen LogP contribution in [-0.2, 0) is 0 Å². The molecule has 0 atom stereocenters. The molecular weight excluding hydrogens is 809 g/mol. The summed E-state index contributed by atoms with van der Waals surface area (Å²) in [6.07, 6.45) is 0. The second-order valence-electron chi connectivity index (χ2n) is 16.8. The highest BCUT2D eigenvalue weighted by molar-refractivity contribution is 7.25. The number of rotatable bonds is 7. The molecule has 3 aromatic heterocycles. The number of thiophene rings is 1. The first-order chi connectivity index (χ1) is 31.7. The summed E-state index contributed by atoms with van der Waals surface area (Å²) in [7, 11) is -2.77. The van der Waals surface area contributed by atoms with E-state index in [1.165, 1.54) is 95.7 Å². The third-order valence-corrected chi connectivity index (χ3v) is 19.4. The van der Waals surface area contributed by atoms with Gasteiger partial charge in [0.15, 0.2) is 8.07 Å². The lowest BCUT2D eigenvalue weighted by atomic mass is 10.0. The Morgan fingerprint density at radius 1 is 0.266 bits per heavy atom. The molecule has 0 amide bonds. The van der Waals surface area contributed by atoms with Gasteiger partial charge in [-0.15, -0.1) is 11.3 Å². The van der Waals surface area contributed by atoms with Crippen LogP contribution in [0.2, 0.25) is 0 Å². The average molecular weight is 849 g/mol. The van der Waals surface area contributed by atoms with Crippen molar-refractivity contribution in [3.8, 4) is 22.5 Å². The maximum Gasteiger partial charge on any atom is 0.179 e. The minimum absolute atomic E-state index is 1.14. The van der Waals surface area contributed by atoms with Crippen LogP contribution in [0.15, 0.2) is 243 Å². The highest BCUT2D eigenvalue weighted by atomic mass is 32.1. The zero-order valence-electron chi connectivity index (χ0n) is 34.9. The van der Waals surface area contributed by atoms with Gasteiger partial charge in [-0.1, -0.05) is 188 Å². The second kappa shape index (κ2) is 14.7. The zero-order valence-corrected chi connectivity index (χ0v) is 36.7. The zero-order chi connectivity index (χ0) is 42.2. The highest BCUT2D eigenvalue weighted by Gasteiger charge is 2.41. The molecule has 2 nitrogen and oxygen atoms in total. The van der Waals surface area contributed by atoms with Crippen molar-refractivity contribution in [3.05, 3.63) is 243 Å². The molecule has 300 valence electrons. The van der Waals surface area contributed by atoms with Gasteiger partial charge in [-0.2, -0.15) is 0 Å². The van der Waals surface area contributed by atoms with E-state index in [2.05, 4.69) is 252 Å². The number of fused-ring (bicyclic) bond motifs is 9. The third kappa shape index (κ3) is 5.56. The Balaban J connectivity index is 1.03. The molecule has 0 aliphatic carbocycles. The summed E-state index contributed by atoms with van der Waals surface area (Å²) in [4.78, 5) is 0. The van der Waals surface area contributed by atoms with E-state index in [-0.39, 0.29) is 0 Å². The van der Waals surface area contributed by atoms with E-state index in [0.717, 1.165) is 11.4 Å². The fourth-order valence-electron chi connectivity index (χ4n) is 10.7. The van der Waals surface area contributed by atoms with Gasteiger partial charge >= 0.3 is 0 Å². The molecule has 13 rings (SSSR count). The molecule has 0 aliphatic rings. The van der Waals surface area contributed by atoms with Gasteiger partial charge in [0.2, 0.25) is 0 Å². The van der Waals surface area contributed by atoms with Gasteiger partial charge in [-0.3, -0.25) is 0 Å². The minimum atomic E-state index is -2.77. The van der Waals surface area contributed by atoms with Crippen molar-refractivity contribution < 1.29 is 0 Å². The fourth-order valence-corrected chi connectivity index (χ4v) is 16.6. The predicted octanol–water partition coefficient (Wildman–Crippen LogP) is 13.3. The molecule has 0 spiro atoms. The molecule has 10 aromatic carbocycles. The summed E-state index contributed by atoms with van der Waals surface area (Å²) in [6.45, 7) is 0. The summed E-state index contributed by atoms with van der Waals surface area (Å²) in [5.74, 6) is 0. The Morgan fingerprint density at radius 3 is 1.33 bits per heavy atom. The lowest BCUT2D eigenvalue weighted by Gasteiger charge is -2.34. The monoisotopic (exact) mass is 848 g/mol. The van der Waals surface area contributed by atoms with Crippen molar-refractivity contribution in [1.82, 2.24) is 9.13 Å². The molecule has 0 saturated heterocycles. The Bertz CT molecular complexity index is 3800. The maximum atomic E-state index is 2.50. The van der Waals surface area contributed by atoms with E-state index in [0.29, 0.717) is 0 Å². The van der Waals surface area contributed by atoms with Crippen molar-refractivity contribution in [3.63, 3.8) is 0 Å². The molecule has 0 bridgehead atoms. The molecule has 0 radical (unpaired) electrons. The lowest BCUT2D eigenvalue weighted by molar-refractivity contribution is 1.16. The van der Waals surface area contributed by atoms with Gasteiger partial charge in [-0.25, -0.2) is 0 Å². The fraction of sp³-hybridized carbons (Fsp3) is 0. The number of hydrogen-bond donors (Lipinski definition) is 0. The Hall–Kier alpha value is -7.76. The lowest BCUT2D eigenvalue weighted by Crippen LogP contribution is -2.74. The first kappa shape index (κ1) is 36.9. The quantitative estimate of drug-likeness (QED) is 0.112. The molecule has 13 aromatic rings. The van der Waals surface area contributed by atoms with Crippen molar-refractivity contribution in [2.24, 2.45) is 0 Å². The van der Waals surface area contributed by atoms with Gasteiger partial charge in [0, 0.05) is 53.1 Å². The van der Waals surface area contributed by atoms with Gasteiger partial charge < -0.3 is 9.13 Å². The van der Waals surface area contributed by atoms with E-state index in [9.17, 15) is 0 Å². The predicted molar refractivity (Wildman–Crippen MR) is 277 cm³/mol. The SMILES string of the molecule is c1ccc([Si](c2ccccc2)(c2ccccc2)c2cccc(-n3c4ccccc4c4ccc(-n5c6ccccc6c6ccc(-c7ccc8c(c7)sc7ccccc78)cc65)cc43)c2)cc1. The normalized spacial score (nSPS) is 12.1. The Morgan fingerprint density at radius 2 is 0.703 bits per heavy atom. The average Bonchev–Trinajstić information content (AvgIpc) is 4.02. The van der Waals surface area contributed by atoms with Crippen LogP contribution in [0.3, 0.4) is 0 Å². The molecule has 64 heavy (non-hydrogen) atoms. The smallest absolute Gasteiger partial charge is 0.179 e. The van der Waals surface area contributed by atoms with Gasteiger partial charge in [0.1, 0.15) is 0 Å². The van der Waals surface area contributed by atoms with Gasteiger partial charge in [-0.05, 0) is 86.5 Å². The molecular formula is C60H40N2SSi. The summed E-state index contributed by atoms with van der Waals surface area (Å²) < 4.78 is 7.62. The summed E-state index contributed by atoms with van der Waals surface area (Å²) in [5, 5.41) is 13.1. The number of para-hydroxylation sites is 2. The molecule has 0 fully saturated rings. The summed E-state index contributed by atoms with van der Waals surface area (Å²) in [5.41, 5.74) is 9.50. The van der Waals surface area contributed by atoms with Crippen LogP contribution in [0.1, 0.15) is 0 Å². The van der Waals surface area contributed by atoms with Gasteiger partial charge in [0.05, 0.1) is 22.1 Å². The van der Waals surface area contributed by atoms with Crippen LogP contribution in [0.25, 0.3) is 86.3 Å². The molecule has 0 aliphatic heterocycles. The van der Waals surface area contributed by atoms with Crippen molar-refractivity contribution in [1.29, 1.82) is 0 Å². The van der Waals surface area contributed by atoms with Crippen LogP contribution in [0.4, 0.5) is 0 Å². The number of aromatic nitrogens is 2. The minimum Gasteiger partial charge on any atom is -0.309 e. The number of nitrogens with zero attached hydrogens (tertiary/aromatic N) is 2. The van der Waals surface area contributed by atoms with Crippen molar-refractivity contribution in [2.45, 2.75) is 0 Å². The molecule has 3 heterocycles. The highest BCUT2D eigenvalue weighted by Crippen LogP contribution is 2.40. The summed E-state index contributed by atoms with van der Waals surface area (Å²) >= 11 is 1.87. The summed E-state index contributed by atoms with van der Waals surface area (Å²) in [6, 6.07) is 90.6. The van der Waals surface area contributed by atoms with Crippen LogP contribution < -0.4 is 20.7 Å². The van der Waals surface area contributed by atoms with E-state index < -0.39 is 8.07 Å². The first-order valence-electron chi connectivity index (χ1n) is 22.0. The van der Waals surface area contributed by atoms with Gasteiger partial charge in [0.25, 0.3) is 0 Å². The van der Waals surface area contributed by atoms with E-state index in [4.69, 9.17) is 0 Å². The third-order valence-electron chi connectivity index (χ3n) is 13.5. The van der Waals surface area contributed by atoms with E-state index in [1.54, 1.807) is 0 Å². The van der Waals surface area contributed by atoms with Crippen LogP contribution in [0, 0.1) is 0 Å². The van der Waals surface area contributed by atoms with Crippen molar-refractivity contribution >= 4 is 104 Å². The molecule has 0 unspecified atom stereocenters. The van der Waals surface area contributed by atoms with Crippen molar-refractivity contribution in [2.75, 3.05) is 0 Å². The molecule has 4 heteroatoms. The molecule has 0 saturated carbocycles. The Kier molecular flexibility index (Phi) is 8.45. The largest absolute Gasteiger partial charge is 0.309 e.